The summed E-state index contributed by atoms with van der Waals surface area (Å²) in [6, 6.07) is 2.11. The predicted molar refractivity (Wildman–Crippen MR) is 105 cm³/mol. The summed E-state index contributed by atoms with van der Waals surface area (Å²) in [5.41, 5.74) is 7.69. The first-order valence-electron chi connectivity index (χ1n) is 8.23. The minimum Gasteiger partial charge on any atom is -0.345 e. The number of fused-ring (bicyclic) bond motifs is 1. The minimum atomic E-state index is -0.333. The lowest BCUT2D eigenvalue weighted by molar-refractivity contribution is 0.0897. The van der Waals surface area contributed by atoms with Gasteiger partial charge in [0.15, 0.2) is 5.65 Å². The van der Waals surface area contributed by atoms with Gasteiger partial charge in [-0.2, -0.15) is 5.10 Å². The molecule has 0 saturated heterocycles. The fourth-order valence-electron chi connectivity index (χ4n) is 3.04. The number of carbonyl (C=O) groups is 1. The number of aromatic nitrogens is 3. The number of carbonyl (C=O) groups excluding carboxylic acids is 1. The Hall–Kier alpha value is -1.37. The fraction of sp³-hybridized carbons (Fsp3) is 0.588. The van der Waals surface area contributed by atoms with E-state index in [1.54, 1.807) is 6.20 Å². The number of halogens is 2. The van der Waals surface area contributed by atoms with Crippen molar-refractivity contribution in [2.24, 2.45) is 11.7 Å². The summed E-state index contributed by atoms with van der Waals surface area (Å²) in [7, 11) is 0. The van der Waals surface area contributed by atoms with Gasteiger partial charge in [-0.05, 0) is 52.5 Å². The molecule has 2 aromatic rings. The molecule has 0 radical (unpaired) electrons. The molecule has 1 atom stereocenters. The minimum absolute atomic E-state index is 0. The first-order valence-corrected chi connectivity index (χ1v) is 8.23. The van der Waals surface area contributed by atoms with Crippen LogP contribution >= 0.6 is 24.8 Å². The molecule has 8 heteroatoms. The maximum Gasteiger partial charge on any atom is 0.253 e. The van der Waals surface area contributed by atoms with Crippen molar-refractivity contribution in [2.75, 3.05) is 6.54 Å². The van der Waals surface area contributed by atoms with Gasteiger partial charge in [-0.3, -0.25) is 4.79 Å². The van der Waals surface area contributed by atoms with Gasteiger partial charge in [-0.25, -0.2) is 9.67 Å². The molecule has 0 spiro atoms. The summed E-state index contributed by atoms with van der Waals surface area (Å²) >= 11 is 0. The molecule has 1 saturated carbocycles. The van der Waals surface area contributed by atoms with Crippen molar-refractivity contribution >= 4 is 41.8 Å². The summed E-state index contributed by atoms with van der Waals surface area (Å²) in [5, 5.41) is 8.38. The Morgan fingerprint density at radius 2 is 2.08 bits per heavy atom. The number of pyridine rings is 1. The quantitative estimate of drug-likeness (QED) is 0.825. The second-order valence-corrected chi connectivity index (χ2v) is 7.07. The smallest absolute Gasteiger partial charge is 0.253 e. The topological polar surface area (TPSA) is 85.8 Å². The van der Waals surface area contributed by atoms with E-state index in [2.05, 4.69) is 29.2 Å². The number of hydrogen-bond acceptors (Lipinski definition) is 4. The monoisotopic (exact) mass is 387 g/mol. The molecule has 1 unspecified atom stereocenters. The molecule has 25 heavy (non-hydrogen) atoms. The number of hydrogen-bond donors (Lipinski definition) is 2. The molecule has 3 N–H and O–H groups in total. The Morgan fingerprint density at radius 1 is 1.44 bits per heavy atom. The molecule has 0 aliphatic heterocycles. The zero-order valence-corrected chi connectivity index (χ0v) is 16.7. The number of aryl methyl sites for hydroxylation is 1. The Morgan fingerprint density at radius 3 is 2.60 bits per heavy atom. The van der Waals surface area contributed by atoms with Crippen LogP contribution in [0, 0.1) is 12.8 Å². The Labute approximate surface area is 160 Å². The van der Waals surface area contributed by atoms with Crippen molar-refractivity contribution < 1.29 is 4.79 Å². The standard InChI is InChI=1S/C17H25N5O.2ClH/c1-10(2)22-15-12(8-19-22)7-14(11(3)20-15)16(23)21-17(4,9-18)13-5-6-13;;/h7-8,10,13H,5-6,9,18H2,1-4H3,(H,21,23);2*1H. The molecule has 2 aromatic heterocycles. The lowest BCUT2D eigenvalue weighted by Crippen LogP contribution is -2.53. The van der Waals surface area contributed by atoms with Gasteiger partial charge in [0.2, 0.25) is 0 Å². The van der Waals surface area contributed by atoms with E-state index >= 15 is 0 Å². The Balaban J connectivity index is 0.00000156. The lowest BCUT2D eigenvalue weighted by atomic mass is 9.95. The number of nitrogens with one attached hydrogen (secondary N) is 1. The summed E-state index contributed by atoms with van der Waals surface area (Å²) in [5.74, 6) is 0.381. The molecule has 0 aromatic carbocycles. The highest BCUT2D eigenvalue weighted by molar-refractivity contribution is 5.98. The molecule has 1 fully saturated rings. The number of rotatable bonds is 5. The molecular weight excluding hydrogens is 361 g/mol. The van der Waals surface area contributed by atoms with Crippen LogP contribution in [0.2, 0.25) is 0 Å². The van der Waals surface area contributed by atoms with Crippen molar-refractivity contribution in [3.05, 3.63) is 23.5 Å². The van der Waals surface area contributed by atoms with E-state index in [0.717, 1.165) is 23.9 Å². The Kier molecular flexibility index (Phi) is 6.84. The van der Waals surface area contributed by atoms with E-state index < -0.39 is 0 Å². The summed E-state index contributed by atoms with van der Waals surface area (Å²) in [6.45, 7) is 8.46. The van der Waals surface area contributed by atoms with Gasteiger partial charge in [0.25, 0.3) is 5.91 Å². The molecule has 2 heterocycles. The molecule has 1 aliphatic rings. The highest BCUT2D eigenvalue weighted by Gasteiger charge is 2.41. The molecular formula is C17H27Cl2N5O. The van der Waals surface area contributed by atoms with Crippen LogP contribution in [0.15, 0.2) is 12.3 Å². The van der Waals surface area contributed by atoms with Crippen LogP contribution in [0.25, 0.3) is 11.0 Å². The zero-order valence-electron chi connectivity index (χ0n) is 15.1. The van der Waals surface area contributed by atoms with Crippen LogP contribution in [0.3, 0.4) is 0 Å². The third-order valence-electron chi connectivity index (χ3n) is 4.79. The van der Waals surface area contributed by atoms with E-state index in [1.807, 2.05) is 24.6 Å². The summed E-state index contributed by atoms with van der Waals surface area (Å²) in [4.78, 5) is 17.3. The lowest BCUT2D eigenvalue weighted by Gasteiger charge is -2.29. The first-order chi connectivity index (χ1) is 10.9. The number of nitrogens with two attached hydrogens (primary N) is 1. The van der Waals surface area contributed by atoms with E-state index in [1.165, 1.54) is 0 Å². The first kappa shape index (κ1) is 21.7. The average molecular weight is 388 g/mol. The van der Waals surface area contributed by atoms with Gasteiger partial charge in [0.1, 0.15) is 0 Å². The van der Waals surface area contributed by atoms with Crippen molar-refractivity contribution in [1.82, 2.24) is 20.1 Å². The predicted octanol–water partition coefficient (Wildman–Crippen LogP) is 3.02. The van der Waals surface area contributed by atoms with Crippen LogP contribution in [-0.2, 0) is 0 Å². The van der Waals surface area contributed by atoms with Gasteiger partial charge < -0.3 is 11.1 Å². The second-order valence-electron chi connectivity index (χ2n) is 7.07. The Bertz CT molecular complexity index is 757. The van der Waals surface area contributed by atoms with E-state index in [4.69, 9.17) is 5.73 Å². The van der Waals surface area contributed by atoms with Gasteiger partial charge in [0.05, 0.1) is 23.0 Å². The van der Waals surface area contributed by atoms with Crippen LogP contribution in [0.1, 0.15) is 55.7 Å². The normalized spacial score (nSPS) is 16.1. The van der Waals surface area contributed by atoms with E-state index in [0.29, 0.717) is 23.7 Å². The molecule has 1 aliphatic carbocycles. The van der Waals surface area contributed by atoms with Crippen LogP contribution < -0.4 is 11.1 Å². The van der Waals surface area contributed by atoms with Gasteiger partial charge >= 0.3 is 0 Å². The second kappa shape index (κ2) is 7.89. The summed E-state index contributed by atoms with van der Waals surface area (Å²) < 4.78 is 1.87. The van der Waals surface area contributed by atoms with Crippen molar-refractivity contribution in [3.63, 3.8) is 0 Å². The average Bonchev–Trinajstić information content (AvgIpc) is 3.27. The SMILES string of the molecule is Cc1nc2c(cnn2C(C)C)cc1C(=O)NC(C)(CN)C1CC1.Cl.Cl. The van der Waals surface area contributed by atoms with Gasteiger partial charge in [0, 0.05) is 18.0 Å². The molecule has 140 valence electrons. The van der Waals surface area contributed by atoms with Crippen molar-refractivity contribution in [2.45, 2.75) is 52.1 Å². The largest absolute Gasteiger partial charge is 0.345 e. The van der Waals surface area contributed by atoms with Crippen molar-refractivity contribution in [3.8, 4) is 0 Å². The van der Waals surface area contributed by atoms with Crippen molar-refractivity contribution in [1.29, 1.82) is 0 Å². The molecule has 3 rings (SSSR count). The number of amides is 1. The third kappa shape index (κ3) is 4.07. The van der Waals surface area contributed by atoms with E-state index in [9.17, 15) is 4.79 Å². The summed E-state index contributed by atoms with van der Waals surface area (Å²) in [6.07, 6.45) is 4.03. The maximum absolute atomic E-state index is 12.7. The number of nitrogens with zero attached hydrogens (tertiary/aromatic N) is 3. The maximum atomic E-state index is 12.7. The highest BCUT2D eigenvalue weighted by Crippen LogP contribution is 2.39. The van der Waals surface area contributed by atoms with E-state index in [-0.39, 0.29) is 42.3 Å². The highest BCUT2D eigenvalue weighted by atomic mass is 35.5. The fourth-order valence-corrected chi connectivity index (χ4v) is 3.04. The van der Waals surface area contributed by atoms with Crippen LogP contribution in [0.4, 0.5) is 0 Å². The van der Waals surface area contributed by atoms with Gasteiger partial charge in [-0.15, -0.1) is 24.8 Å². The molecule has 6 nitrogen and oxygen atoms in total. The van der Waals surface area contributed by atoms with Crippen LogP contribution in [-0.4, -0.2) is 32.8 Å². The third-order valence-corrected chi connectivity index (χ3v) is 4.79. The van der Waals surface area contributed by atoms with Crippen LogP contribution in [0.5, 0.6) is 0 Å². The molecule has 0 bridgehead atoms. The molecule has 1 amide bonds. The van der Waals surface area contributed by atoms with Gasteiger partial charge in [-0.1, -0.05) is 0 Å². The zero-order chi connectivity index (χ0) is 16.8.